The highest BCUT2D eigenvalue weighted by molar-refractivity contribution is 5.85. The molecule has 0 saturated heterocycles. The molecule has 0 radical (unpaired) electrons. The first kappa shape index (κ1) is 13.7. The third-order valence-corrected chi connectivity index (χ3v) is 3.24. The minimum absolute atomic E-state index is 0. The minimum Gasteiger partial charge on any atom is -0.512 e. The lowest BCUT2D eigenvalue weighted by Crippen LogP contribution is -2.41. The average Bonchev–Trinajstić information content (AvgIpc) is 2.27. The van der Waals surface area contributed by atoms with Crippen LogP contribution in [0.4, 0.5) is 5.69 Å². The van der Waals surface area contributed by atoms with Gasteiger partial charge in [0.15, 0.2) is 0 Å². The van der Waals surface area contributed by atoms with Crippen molar-refractivity contribution in [2.24, 2.45) is 5.92 Å². The molecule has 0 saturated carbocycles. The van der Waals surface area contributed by atoms with Crippen molar-refractivity contribution in [3.8, 4) is 0 Å². The van der Waals surface area contributed by atoms with Gasteiger partial charge in [-0.3, -0.25) is 0 Å². The molecule has 2 N–H and O–H groups in total. The van der Waals surface area contributed by atoms with E-state index in [1.807, 2.05) is 43.3 Å². The van der Waals surface area contributed by atoms with Gasteiger partial charge in [-0.25, -0.2) is 0 Å². The molecule has 3 heteroatoms. The summed E-state index contributed by atoms with van der Waals surface area (Å²) in [7, 11) is 0. The maximum Gasteiger partial charge on any atom is 0.0977 e. The number of aliphatic hydroxyl groups excluding tert-OH is 1. The van der Waals surface area contributed by atoms with Crippen molar-refractivity contribution in [2.75, 3.05) is 5.32 Å². The first-order chi connectivity index (χ1) is 7.62. The van der Waals surface area contributed by atoms with Gasteiger partial charge in [0, 0.05) is 11.6 Å². The number of rotatable bonds is 2. The Morgan fingerprint density at radius 1 is 1.24 bits per heavy atom. The van der Waals surface area contributed by atoms with Crippen molar-refractivity contribution in [2.45, 2.75) is 19.4 Å². The van der Waals surface area contributed by atoms with E-state index in [1.54, 1.807) is 6.08 Å². The van der Waals surface area contributed by atoms with Crippen molar-refractivity contribution < 1.29 is 5.11 Å². The maximum atomic E-state index is 9.76. The van der Waals surface area contributed by atoms with Gasteiger partial charge >= 0.3 is 0 Å². The molecular weight excluding hydrogens is 234 g/mol. The van der Waals surface area contributed by atoms with E-state index in [0.29, 0.717) is 5.76 Å². The highest BCUT2D eigenvalue weighted by Gasteiger charge is 2.32. The summed E-state index contributed by atoms with van der Waals surface area (Å²) >= 11 is 0. The van der Waals surface area contributed by atoms with Crippen LogP contribution in [0.1, 0.15) is 13.8 Å². The van der Waals surface area contributed by atoms with Gasteiger partial charge in [0.05, 0.1) is 11.3 Å². The van der Waals surface area contributed by atoms with E-state index in [4.69, 9.17) is 0 Å². The van der Waals surface area contributed by atoms with Crippen LogP contribution in [0, 0.1) is 5.92 Å². The number of hydrogen-bond acceptors (Lipinski definition) is 2. The summed E-state index contributed by atoms with van der Waals surface area (Å²) in [6, 6.07) is 10.0. The van der Waals surface area contributed by atoms with Crippen LogP contribution in [0.15, 0.2) is 54.3 Å². The number of para-hydroxylation sites is 1. The summed E-state index contributed by atoms with van der Waals surface area (Å²) in [4.78, 5) is 0. The van der Waals surface area contributed by atoms with Gasteiger partial charge in [0.25, 0.3) is 0 Å². The fraction of sp³-hybridized carbons (Fsp3) is 0.286. The van der Waals surface area contributed by atoms with Crippen molar-refractivity contribution in [1.29, 1.82) is 0 Å². The topological polar surface area (TPSA) is 32.3 Å². The molecule has 0 heterocycles. The van der Waals surface area contributed by atoms with Crippen LogP contribution in [0.2, 0.25) is 0 Å². The van der Waals surface area contributed by atoms with Gasteiger partial charge in [-0.2, -0.15) is 0 Å². The zero-order valence-corrected chi connectivity index (χ0v) is 10.9. The minimum atomic E-state index is -0.236. The van der Waals surface area contributed by atoms with Crippen LogP contribution < -0.4 is 5.32 Å². The standard InChI is InChI=1S/C14H17NO.ClH/c1-11-13(16)9-6-10-14(11,2)15-12-7-4-3-5-8-12;/h3-11,15-16H,1-2H3;1H. The van der Waals surface area contributed by atoms with Crippen LogP contribution in [0.3, 0.4) is 0 Å². The summed E-state index contributed by atoms with van der Waals surface area (Å²) in [5.41, 5.74) is 0.830. The Kier molecular flexibility index (Phi) is 4.24. The highest BCUT2D eigenvalue weighted by Crippen LogP contribution is 2.31. The lowest BCUT2D eigenvalue weighted by Gasteiger charge is -2.36. The zero-order valence-electron chi connectivity index (χ0n) is 10.1. The summed E-state index contributed by atoms with van der Waals surface area (Å²) < 4.78 is 0. The van der Waals surface area contributed by atoms with E-state index in [1.165, 1.54) is 0 Å². The quantitative estimate of drug-likeness (QED) is 0.835. The number of hydrogen-bond donors (Lipinski definition) is 2. The van der Waals surface area contributed by atoms with E-state index in [0.717, 1.165) is 5.69 Å². The first-order valence-electron chi connectivity index (χ1n) is 5.53. The van der Waals surface area contributed by atoms with E-state index < -0.39 is 0 Å². The molecule has 2 rings (SSSR count). The summed E-state index contributed by atoms with van der Waals surface area (Å²) in [5, 5.41) is 13.2. The van der Waals surface area contributed by atoms with E-state index in [2.05, 4.69) is 18.3 Å². The van der Waals surface area contributed by atoms with Crippen molar-refractivity contribution in [3.05, 3.63) is 54.3 Å². The first-order valence-corrected chi connectivity index (χ1v) is 5.53. The van der Waals surface area contributed by atoms with Gasteiger partial charge in [0.1, 0.15) is 0 Å². The molecule has 1 aliphatic carbocycles. The molecule has 1 aromatic carbocycles. The summed E-state index contributed by atoms with van der Waals surface area (Å²) in [5.74, 6) is 0.492. The number of aliphatic hydroxyl groups is 1. The second-order valence-corrected chi connectivity index (χ2v) is 4.45. The molecule has 0 aliphatic heterocycles. The molecule has 2 atom stereocenters. The molecule has 0 aromatic heterocycles. The lowest BCUT2D eigenvalue weighted by atomic mass is 9.82. The van der Waals surface area contributed by atoms with E-state index in [-0.39, 0.29) is 23.9 Å². The summed E-state index contributed by atoms with van der Waals surface area (Å²) in [6.45, 7) is 4.11. The van der Waals surface area contributed by atoms with Crippen LogP contribution in [-0.2, 0) is 0 Å². The third-order valence-electron chi connectivity index (χ3n) is 3.24. The Balaban J connectivity index is 0.00000144. The second-order valence-electron chi connectivity index (χ2n) is 4.45. The monoisotopic (exact) mass is 251 g/mol. The number of allylic oxidation sites excluding steroid dienone is 2. The lowest BCUT2D eigenvalue weighted by molar-refractivity contribution is 0.294. The highest BCUT2D eigenvalue weighted by atomic mass is 35.5. The van der Waals surface area contributed by atoms with Crippen LogP contribution in [0.5, 0.6) is 0 Å². The van der Waals surface area contributed by atoms with Crippen LogP contribution in [-0.4, -0.2) is 10.6 Å². The van der Waals surface area contributed by atoms with Crippen LogP contribution in [0.25, 0.3) is 0 Å². The number of benzene rings is 1. The van der Waals surface area contributed by atoms with E-state index in [9.17, 15) is 5.11 Å². The fourth-order valence-corrected chi connectivity index (χ4v) is 1.92. The predicted octanol–water partition coefficient (Wildman–Crippen LogP) is 3.93. The number of anilines is 1. The molecule has 2 nitrogen and oxygen atoms in total. The zero-order chi connectivity index (χ0) is 11.6. The normalized spacial score (nSPS) is 26.9. The molecule has 92 valence electrons. The van der Waals surface area contributed by atoms with Crippen molar-refractivity contribution >= 4 is 18.1 Å². The Morgan fingerprint density at radius 3 is 2.53 bits per heavy atom. The van der Waals surface area contributed by atoms with Crippen molar-refractivity contribution in [1.82, 2.24) is 0 Å². The number of halogens is 1. The van der Waals surface area contributed by atoms with Gasteiger partial charge in [-0.1, -0.05) is 37.3 Å². The number of nitrogens with one attached hydrogen (secondary N) is 1. The van der Waals surface area contributed by atoms with E-state index >= 15 is 0 Å². The summed E-state index contributed by atoms with van der Waals surface area (Å²) in [6.07, 6.45) is 5.73. The van der Waals surface area contributed by atoms with Gasteiger partial charge < -0.3 is 10.4 Å². The Bertz CT molecular complexity index is 427. The largest absolute Gasteiger partial charge is 0.512 e. The molecule has 17 heavy (non-hydrogen) atoms. The Hall–Kier alpha value is -1.41. The van der Waals surface area contributed by atoms with Gasteiger partial charge in [0.2, 0.25) is 0 Å². The smallest absolute Gasteiger partial charge is 0.0977 e. The maximum absolute atomic E-state index is 9.76. The molecule has 0 spiro atoms. The molecular formula is C14H18ClNO. The Labute approximate surface area is 108 Å². The van der Waals surface area contributed by atoms with Gasteiger partial charge in [-0.15, -0.1) is 12.4 Å². The Morgan fingerprint density at radius 2 is 1.88 bits per heavy atom. The third kappa shape index (κ3) is 2.83. The predicted molar refractivity (Wildman–Crippen MR) is 74.7 cm³/mol. The molecule has 1 aliphatic rings. The molecule has 0 fully saturated rings. The fourth-order valence-electron chi connectivity index (χ4n) is 1.92. The second kappa shape index (κ2) is 5.28. The van der Waals surface area contributed by atoms with Gasteiger partial charge in [-0.05, 0) is 25.1 Å². The average molecular weight is 252 g/mol. The molecule has 0 bridgehead atoms. The van der Waals surface area contributed by atoms with Crippen LogP contribution >= 0.6 is 12.4 Å². The molecule has 0 amide bonds. The molecule has 2 unspecified atom stereocenters. The van der Waals surface area contributed by atoms with Crippen molar-refractivity contribution in [3.63, 3.8) is 0 Å². The molecule has 1 aromatic rings. The SMILES string of the molecule is CC1C(O)=CC=CC1(C)Nc1ccccc1.Cl.